The Balaban J connectivity index is 1.06. The molecule has 11 nitrogen and oxygen atoms in total. The highest BCUT2D eigenvalue weighted by Crippen LogP contribution is 2.31. The molecule has 1 aromatic carbocycles. The first kappa shape index (κ1) is 28.9. The summed E-state index contributed by atoms with van der Waals surface area (Å²) in [4.78, 5) is 32.8. The third-order valence-corrected chi connectivity index (χ3v) is 8.85. The second-order valence-electron chi connectivity index (χ2n) is 12.0. The Kier molecular flexibility index (Phi) is 8.16. The number of nitrogens with one attached hydrogen (secondary N) is 2. The number of rotatable bonds is 10. The Morgan fingerprint density at radius 3 is 2.84 bits per heavy atom. The molecule has 2 aliphatic rings. The van der Waals surface area contributed by atoms with Crippen LogP contribution in [-0.4, -0.2) is 78.6 Å². The molecule has 2 atom stereocenters. The maximum absolute atomic E-state index is 13.4. The summed E-state index contributed by atoms with van der Waals surface area (Å²) in [6.07, 6.45) is 7.61. The van der Waals surface area contributed by atoms with Crippen molar-refractivity contribution in [3.63, 3.8) is 0 Å². The van der Waals surface area contributed by atoms with Crippen LogP contribution >= 0.6 is 0 Å². The van der Waals surface area contributed by atoms with Crippen LogP contribution in [0.5, 0.6) is 0 Å². The molecule has 0 radical (unpaired) electrons. The number of carboxylic acid groups (broad SMARTS) is 1. The molecule has 2 aliphatic heterocycles. The van der Waals surface area contributed by atoms with Crippen molar-refractivity contribution in [2.24, 2.45) is 20.0 Å². The van der Waals surface area contributed by atoms with Gasteiger partial charge in [0.05, 0.1) is 16.8 Å². The normalized spacial score (nSPS) is 17.5. The van der Waals surface area contributed by atoms with Crippen molar-refractivity contribution < 1.29 is 14.7 Å². The lowest BCUT2D eigenvalue weighted by Crippen LogP contribution is -2.43. The molecular formula is C32H40N8O3. The Bertz CT molecular complexity index is 1660. The molecule has 11 heteroatoms. The van der Waals surface area contributed by atoms with Crippen LogP contribution in [0.4, 0.5) is 5.82 Å². The van der Waals surface area contributed by atoms with Crippen molar-refractivity contribution in [1.29, 1.82) is 0 Å². The number of anilines is 1. The van der Waals surface area contributed by atoms with Gasteiger partial charge in [-0.1, -0.05) is 18.2 Å². The minimum absolute atomic E-state index is 0.341. The number of aliphatic carboxylic acids is 1. The molecule has 3 aromatic heterocycles. The van der Waals surface area contributed by atoms with E-state index in [2.05, 4.69) is 32.8 Å². The third kappa shape index (κ3) is 6.13. The third-order valence-electron chi connectivity index (χ3n) is 8.85. The number of benzene rings is 1. The molecule has 0 aliphatic carbocycles. The first-order valence-electron chi connectivity index (χ1n) is 15.2. The van der Waals surface area contributed by atoms with Crippen molar-refractivity contribution in [1.82, 2.24) is 34.8 Å². The van der Waals surface area contributed by atoms with E-state index in [1.807, 2.05) is 32.3 Å². The molecule has 2 unspecified atom stereocenters. The molecule has 226 valence electrons. The molecule has 0 spiro atoms. The Labute approximate surface area is 251 Å². The smallest absolute Gasteiger partial charge is 0.326 e. The SMILES string of the molecule is Cc1nn(C)cc1-c1nn(C)c2c(C(=O)NC(CCN3CCC(CCc4ccc5c(n4)NCCC5)C3)C(=O)O)cccc12. The lowest BCUT2D eigenvalue weighted by Gasteiger charge is -2.20. The van der Waals surface area contributed by atoms with Crippen molar-refractivity contribution in [2.75, 3.05) is 31.5 Å². The Morgan fingerprint density at radius 2 is 2.05 bits per heavy atom. The number of carbonyl (C=O) groups excluding carboxylic acids is 1. The average molecular weight is 585 g/mol. The number of carboxylic acids is 1. The number of nitrogens with zero attached hydrogens (tertiary/aromatic N) is 6. The molecule has 1 amide bonds. The van der Waals surface area contributed by atoms with E-state index in [4.69, 9.17) is 10.1 Å². The Hall–Kier alpha value is -4.25. The standard InChI is InChI=1S/C32H40N8O3/c1-20-26(19-38(2)36-20)28-24-7-4-8-25(29(24)39(3)37-28)31(41)35-27(32(42)43)14-17-40-16-13-21(18-40)9-11-23-12-10-22-6-5-15-33-30(22)34-23/h4,7-8,10,12,19,21,27H,5-6,9,11,13-18H2,1-3H3,(H,33,34)(H,35,41)(H,42,43). The van der Waals surface area contributed by atoms with Crippen molar-refractivity contribution in [3.05, 3.63) is 59.0 Å². The van der Waals surface area contributed by atoms with E-state index in [9.17, 15) is 14.7 Å². The van der Waals surface area contributed by atoms with Gasteiger partial charge in [-0.3, -0.25) is 14.2 Å². The topological polar surface area (TPSA) is 130 Å². The van der Waals surface area contributed by atoms with Crippen LogP contribution in [-0.2, 0) is 31.7 Å². The van der Waals surface area contributed by atoms with Gasteiger partial charge in [-0.05, 0) is 75.6 Å². The molecule has 5 heterocycles. The predicted octanol–water partition coefficient (Wildman–Crippen LogP) is 3.56. The van der Waals surface area contributed by atoms with Crippen molar-refractivity contribution >= 4 is 28.6 Å². The molecule has 6 rings (SSSR count). The van der Waals surface area contributed by atoms with Crippen LogP contribution in [0.25, 0.3) is 22.2 Å². The van der Waals surface area contributed by atoms with E-state index < -0.39 is 17.9 Å². The molecular weight excluding hydrogens is 544 g/mol. The first-order valence-corrected chi connectivity index (χ1v) is 15.2. The summed E-state index contributed by atoms with van der Waals surface area (Å²) in [5.41, 5.74) is 5.99. The lowest BCUT2D eigenvalue weighted by atomic mass is 10.00. The number of fused-ring (bicyclic) bond motifs is 2. The second-order valence-corrected chi connectivity index (χ2v) is 12.0. The summed E-state index contributed by atoms with van der Waals surface area (Å²) < 4.78 is 3.42. The second kappa shape index (κ2) is 12.2. The van der Waals surface area contributed by atoms with E-state index in [0.717, 1.165) is 85.6 Å². The van der Waals surface area contributed by atoms with Gasteiger partial charge in [-0.25, -0.2) is 9.78 Å². The lowest BCUT2D eigenvalue weighted by molar-refractivity contribution is -0.139. The molecule has 43 heavy (non-hydrogen) atoms. The monoisotopic (exact) mass is 584 g/mol. The van der Waals surface area contributed by atoms with Crippen LogP contribution in [0.1, 0.15) is 53.0 Å². The summed E-state index contributed by atoms with van der Waals surface area (Å²) >= 11 is 0. The molecule has 0 bridgehead atoms. The van der Waals surface area contributed by atoms with Gasteiger partial charge in [0, 0.05) is 56.6 Å². The number of carbonyl (C=O) groups is 2. The number of amides is 1. The highest BCUT2D eigenvalue weighted by Gasteiger charge is 2.27. The summed E-state index contributed by atoms with van der Waals surface area (Å²) in [5, 5.41) is 26.1. The first-order chi connectivity index (χ1) is 20.8. The summed E-state index contributed by atoms with van der Waals surface area (Å²) in [5.74, 6) is 0.160. The fourth-order valence-corrected chi connectivity index (χ4v) is 6.57. The fraction of sp³-hybridized carbons (Fsp3) is 0.469. The molecule has 4 aromatic rings. The van der Waals surface area contributed by atoms with Crippen LogP contribution in [0.2, 0.25) is 0 Å². The largest absolute Gasteiger partial charge is 0.480 e. The van der Waals surface area contributed by atoms with E-state index in [1.54, 1.807) is 22.5 Å². The number of hydrogen-bond donors (Lipinski definition) is 3. The predicted molar refractivity (Wildman–Crippen MR) is 165 cm³/mol. The van der Waals surface area contributed by atoms with Gasteiger partial charge >= 0.3 is 5.97 Å². The molecule has 0 saturated carbocycles. The highest BCUT2D eigenvalue weighted by atomic mass is 16.4. The van der Waals surface area contributed by atoms with Gasteiger partial charge < -0.3 is 20.6 Å². The number of aryl methyl sites for hydroxylation is 5. The zero-order valence-corrected chi connectivity index (χ0v) is 25.1. The fourth-order valence-electron chi connectivity index (χ4n) is 6.57. The zero-order valence-electron chi connectivity index (χ0n) is 25.1. The Morgan fingerprint density at radius 1 is 1.19 bits per heavy atom. The minimum Gasteiger partial charge on any atom is -0.480 e. The number of aromatic nitrogens is 5. The van der Waals surface area contributed by atoms with Gasteiger partial charge in [0.1, 0.15) is 17.6 Å². The van der Waals surface area contributed by atoms with Crippen molar-refractivity contribution in [2.45, 2.75) is 51.5 Å². The van der Waals surface area contributed by atoms with E-state index in [-0.39, 0.29) is 0 Å². The highest BCUT2D eigenvalue weighted by molar-refractivity contribution is 6.09. The maximum atomic E-state index is 13.4. The van der Waals surface area contributed by atoms with Crippen LogP contribution < -0.4 is 10.6 Å². The van der Waals surface area contributed by atoms with Crippen molar-refractivity contribution in [3.8, 4) is 11.3 Å². The number of likely N-dealkylation sites (tertiary alicyclic amines) is 1. The van der Waals surface area contributed by atoms with Crippen LogP contribution in [0.3, 0.4) is 0 Å². The van der Waals surface area contributed by atoms with Gasteiger partial charge in [0.2, 0.25) is 0 Å². The van der Waals surface area contributed by atoms with Crippen LogP contribution in [0, 0.1) is 12.8 Å². The van der Waals surface area contributed by atoms with Crippen LogP contribution in [0.15, 0.2) is 36.5 Å². The molecule has 3 N–H and O–H groups in total. The summed E-state index contributed by atoms with van der Waals surface area (Å²) in [6, 6.07) is 8.84. The van der Waals surface area contributed by atoms with Gasteiger partial charge in [-0.15, -0.1) is 0 Å². The minimum atomic E-state index is -1.03. The number of pyridine rings is 1. The van der Waals surface area contributed by atoms with Gasteiger partial charge in [-0.2, -0.15) is 10.2 Å². The quantitative estimate of drug-likeness (QED) is 0.258. The number of para-hydroxylation sites is 1. The van der Waals surface area contributed by atoms with E-state index in [0.29, 0.717) is 30.0 Å². The molecule has 1 saturated heterocycles. The maximum Gasteiger partial charge on any atom is 0.326 e. The average Bonchev–Trinajstić information content (AvgIpc) is 3.69. The van der Waals surface area contributed by atoms with Gasteiger partial charge in [0.15, 0.2) is 0 Å². The zero-order chi connectivity index (χ0) is 30.1. The van der Waals surface area contributed by atoms with E-state index in [1.165, 1.54) is 5.56 Å². The summed E-state index contributed by atoms with van der Waals surface area (Å²) in [7, 11) is 3.66. The molecule has 1 fully saturated rings. The van der Waals surface area contributed by atoms with E-state index >= 15 is 0 Å². The van der Waals surface area contributed by atoms with Gasteiger partial charge in [0.25, 0.3) is 5.91 Å². The summed E-state index contributed by atoms with van der Waals surface area (Å²) in [6.45, 7) is 5.42. The number of hydrogen-bond acceptors (Lipinski definition) is 7.